The van der Waals surface area contributed by atoms with E-state index in [1.54, 1.807) is 22.5 Å². The number of nitrogens with zero attached hydrogens (tertiary/aromatic N) is 2. The summed E-state index contributed by atoms with van der Waals surface area (Å²) in [5.74, 6) is 0.193. The van der Waals surface area contributed by atoms with E-state index in [-0.39, 0.29) is 17.6 Å². The molecule has 1 saturated heterocycles. The molecular weight excluding hydrogens is 426 g/mol. The van der Waals surface area contributed by atoms with Gasteiger partial charge in [-0.1, -0.05) is 59.6 Å². The number of nitrogens with one attached hydrogen (secondary N) is 1. The third-order valence-electron chi connectivity index (χ3n) is 5.76. The molecule has 1 unspecified atom stereocenters. The first kappa shape index (κ1) is 22.2. The minimum atomic E-state index is -3.56. The number of sulfonamides is 1. The molecule has 0 spiro atoms. The van der Waals surface area contributed by atoms with Crippen molar-refractivity contribution in [2.24, 2.45) is 0 Å². The van der Waals surface area contributed by atoms with Gasteiger partial charge < -0.3 is 9.84 Å². The number of hydrogen-bond donors (Lipinski definition) is 1. The van der Waals surface area contributed by atoms with Crippen molar-refractivity contribution in [1.82, 2.24) is 14.8 Å². The van der Waals surface area contributed by atoms with Crippen LogP contribution in [0.3, 0.4) is 0 Å². The van der Waals surface area contributed by atoms with Crippen LogP contribution in [-0.2, 0) is 10.0 Å². The van der Waals surface area contributed by atoms with Gasteiger partial charge in [0.25, 0.3) is 5.91 Å². The summed E-state index contributed by atoms with van der Waals surface area (Å²) in [5, 5.41) is 6.71. The van der Waals surface area contributed by atoms with E-state index in [1.165, 1.54) is 0 Å². The zero-order valence-corrected chi connectivity index (χ0v) is 18.8. The molecule has 2 aromatic carbocycles. The Bertz CT molecular complexity index is 1160. The van der Waals surface area contributed by atoms with E-state index in [2.05, 4.69) is 10.5 Å². The van der Waals surface area contributed by atoms with E-state index >= 15 is 0 Å². The summed E-state index contributed by atoms with van der Waals surface area (Å²) < 4.78 is 33.2. The number of amides is 1. The molecule has 1 aromatic heterocycles. The van der Waals surface area contributed by atoms with Gasteiger partial charge in [0.2, 0.25) is 10.0 Å². The van der Waals surface area contributed by atoms with Gasteiger partial charge in [-0.3, -0.25) is 4.79 Å². The zero-order valence-electron chi connectivity index (χ0n) is 18.0. The fourth-order valence-corrected chi connectivity index (χ4v) is 5.71. The molecule has 8 heteroatoms. The summed E-state index contributed by atoms with van der Waals surface area (Å²) in [7, 11) is -3.56. The van der Waals surface area contributed by atoms with Crippen LogP contribution in [-0.4, -0.2) is 42.9 Å². The molecule has 1 N–H and O–H groups in total. The quantitative estimate of drug-likeness (QED) is 0.583. The molecule has 0 bridgehead atoms. The van der Waals surface area contributed by atoms with Gasteiger partial charge in [0.1, 0.15) is 0 Å². The van der Waals surface area contributed by atoms with Gasteiger partial charge in [-0.2, -0.15) is 4.31 Å². The minimum Gasteiger partial charge on any atom is -0.355 e. The van der Waals surface area contributed by atoms with Crippen molar-refractivity contribution in [2.75, 3.05) is 13.1 Å². The molecule has 1 amide bonds. The van der Waals surface area contributed by atoms with Crippen LogP contribution < -0.4 is 5.32 Å². The van der Waals surface area contributed by atoms with Crippen molar-refractivity contribution in [3.8, 4) is 11.3 Å². The Morgan fingerprint density at radius 1 is 1.12 bits per heavy atom. The van der Waals surface area contributed by atoms with Gasteiger partial charge in [-0.05, 0) is 38.3 Å². The van der Waals surface area contributed by atoms with Gasteiger partial charge in [-0.15, -0.1) is 0 Å². The number of aromatic nitrogens is 1. The fourth-order valence-electron chi connectivity index (χ4n) is 3.99. The second-order valence-corrected chi connectivity index (χ2v) is 9.96. The molecule has 168 valence electrons. The van der Waals surface area contributed by atoms with Crippen molar-refractivity contribution in [3.05, 3.63) is 71.9 Å². The Kier molecular flexibility index (Phi) is 6.72. The van der Waals surface area contributed by atoms with Crippen molar-refractivity contribution < 1.29 is 17.7 Å². The Hall–Kier alpha value is -2.97. The Labute approximate surface area is 188 Å². The van der Waals surface area contributed by atoms with E-state index in [1.807, 2.05) is 49.4 Å². The van der Waals surface area contributed by atoms with E-state index in [9.17, 15) is 13.2 Å². The molecule has 4 rings (SSSR count). The van der Waals surface area contributed by atoms with E-state index in [0.717, 1.165) is 30.4 Å². The fraction of sp³-hybridized carbons (Fsp3) is 0.333. The number of benzene rings is 2. The van der Waals surface area contributed by atoms with Crippen LogP contribution in [0.5, 0.6) is 0 Å². The number of carbonyl (C=O) groups excluding carboxylic acids is 1. The van der Waals surface area contributed by atoms with Crippen LogP contribution >= 0.6 is 0 Å². The summed E-state index contributed by atoms with van der Waals surface area (Å²) >= 11 is 0. The molecule has 1 aliphatic rings. The average Bonchev–Trinajstić information content (AvgIpc) is 3.31. The van der Waals surface area contributed by atoms with Crippen LogP contribution in [0.15, 0.2) is 70.1 Å². The number of aryl methyl sites for hydroxylation is 1. The lowest BCUT2D eigenvalue weighted by molar-refractivity contribution is 0.0940. The van der Waals surface area contributed by atoms with Gasteiger partial charge in [-0.25, -0.2) is 8.42 Å². The van der Waals surface area contributed by atoms with Crippen molar-refractivity contribution in [2.45, 2.75) is 43.5 Å². The van der Waals surface area contributed by atoms with Crippen LogP contribution in [0.25, 0.3) is 11.3 Å². The maximum absolute atomic E-state index is 13.2. The summed E-state index contributed by atoms with van der Waals surface area (Å²) in [5.41, 5.74) is 2.07. The molecule has 0 aliphatic carbocycles. The van der Waals surface area contributed by atoms with Gasteiger partial charge in [0.15, 0.2) is 11.5 Å². The van der Waals surface area contributed by atoms with Crippen LogP contribution in [0.1, 0.15) is 41.7 Å². The highest BCUT2D eigenvalue weighted by Gasteiger charge is 2.33. The van der Waals surface area contributed by atoms with Crippen molar-refractivity contribution in [3.63, 3.8) is 0 Å². The summed E-state index contributed by atoms with van der Waals surface area (Å²) in [6, 6.07) is 17.9. The van der Waals surface area contributed by atoms with Gasteiger partial charge >= 0.3 is 0 Å². The van der Waals surface area contributed by atoms with Gasteiger partial charge in [0, 0.05) is 30.8 Å². The summed E-state index contributed by atoms with van der Waals surface area (Å²) in [4.78, 5) is 12.8. The summed E-state index contributed by atoms with van der Waals surface area (Å²) in [6.45, 7) is 2.79. The minimum absolute atomic E-state index is 0.146. The Balaban J connectivity index is 1.37. The second-order valence-electron chi connectivity index (χ2n) is 8.07. The third-order valence-corrected chi connectivity index (χ3v) is 7.73. The molecule has 2 heterocycles. The first-order valence-electron chi connectivity index (χ1n) is 10.8. The molecule has 0 radical (unpaired) electrons. The molecular formula is C24H27N3O4S. The Morgan fingerprint density at radius 3 is 2.62 bits per heavy atom. The van der Waals surface area contributed by atoms with Crippen molar-refractivity contribution in [1.29, 1.82) is 0 Å². The standard InChI is InChI=1S/C24H27N3O4S/c1-18-10-12-21(13-11-18)32(29,30)27-16-6-5-9-20(27)14-15-25-24(28)22-17-23(31-26-22)19-7-3-2-4-8-19/h2-4,7-8,10-13,17,20H,5-6,9,14-16H2,1H3,(H,25,28). The molecule has 3 aromatic rings. The third kappa shape index (κ3) is 4.92. The maximum Gasteiger partial charge on any atom is 0.273 e. The maximum atomic E-state index is 13.2. The Morgan fingerprint density at radius 2 is 1.88 bits per heavy atom. The molecule has 1 fully saturated rings. The molecule has 0 saturated carbocycles. The SMILES string of the molecule is Cc1ccc(S(=O)(=O)N2CCCCC2CCNC(=O)c2cc(-c3ccccc3)on2)cc1. The van der Waals surface area contributed by atoms with Crippen LogP contribution in [0, 0.1) is 6.92 Å². The van der Waals surface area contributed by atoms with Crippen LogP contribution in [0.4, 0.5) is 0 Å². The number of hydrogen-bond acceptors (Lipinski definition) is 5. The topological polar surface area (TPSA) is 92.5 Å². The first-order chi connectivity index (χ1) is 15.4. The molecule has 1 atom stereocenters. The number of carbonyl (C=O) groups is 1. The lowest BCUT2D eigenvalue weighted by atomic mass is 10.0. The van der Waals surface area contributed by atoms with E-state index in [0.29, 0.717) is 30.2 Å². The van der Waals surface area contributed by atoms with E-state index in [4.69, 9.17) is 4.52 Å². The predicted octanol–water partition coefficient (Wildman–Crippen LogP) is 4.01. The van der Waals surface area contributed by atoms with Crippen molar-refractivity contribution >= 4 is 15.9 Å². The molecule has 7 nitrogen and oxygen atoms in total. The summed E-state index contributed by atoms with van der Waals surface area (Å²) in [6.07, 6.45) is 3.14. The average molecular weight is 454 g/mol. The lowest BCUT2D eigenvalue weighted by Crippen LogP contribution is -2.45. The lowest BCUT2D eigenvalue weighted by Gasteiger charge is -2.34. The van der Waals surface area contributed by atoms with Gasteiger partial charge in [0.05, 0.1) is 4.90 Å². The highest BCUT2D eigenvalue weighted by atomic mass is 32.2. The highest BCUT2D eigenvalue weighted by Crippen LogP contribution is 2.27. The largest absolute Gasteiger partial charge is 0.355 e. The highest BCUT2D eigenvalue weighted by molar-refractivity contribution is 7.89. The number of piperidine rings is 1. The number of rotatable bonds is 7. The monoisotopic (exact) mass is 453 g/mol. The zero-order chi connectivity index (χ0) is 22.6. The smallest absolute Gasteiger partial charge is 0.273 e. The normalized spacial score (nSPS) is 17.2. The molecule has 32 heavy (non-hydrogen) atoms. The first-order valence-corrected chi connectivity index (χ1v) is 12.3. The van der Waals surface area contributed by atoms with E-state index < -0.39 is 10.0 Å². The predicted molar refractivity (Wildman–Crippen MR) is 122 cm³/mol. The second kappa shape index (κ2) is 9.67. The molecule has 1 aliphatic heterocycles. The van der Waals surface area contributed by atoms with Crippen LogP contribution in [0.2, 0.25) is 0 Å².